The molecule has 1 aromatic carbocycles. The van der Waals surface area contributed by atoms with E-state index in [1.54, 1.807) is 0 Å². The molecule has 0 saturated heterocycles. The highest BCUT2D eigenvalue weighted by Gasteiger charge is 2.01. The predicted molar refractivity (Wildman–Crippen MR) is 63.2 cm³/mol. The highest BCUT2D eigenvalue weighted by atomic mass is 16.2. The van der Waals surface area contributed by atoms with Gasteiger partial charge in [0.15, 0.2) is 0 Å². The van der Waals surface area contributed by atoms with Crippen LogP contribution in [0.3, 0.4) is 0 Å². The molecule has 2 N–H and O–H groups in total. The maximum Gasteiger partial charge on any atom is 0.319 e. The van der Waals surface area contributed by atoms with Gasteiger partial charge in [-0.05, 0) is 30.5 Å². The molecule has 0 aliphatic carbocycles. The second-order valence-corrected chi connectivity index (χ2v) is 3.76. The van der Waals surface area contributed by atoms with Crippen LogP contribution in [0.2, 0.25) is 0 Å². The molecule has 1 aromatic rings. The molecule has 2 amide bonds. The highest BCUT2D eigenvalue weighted by molar-refractivity contribution is 5.89. The lowest BCUT2D eigenvalue weighted by molar-refractivity contribution is 0.252. The number of hydrogen-bond donors (Lipinski definition) is 2. The van der Waals surface area contributed by atoms with Crippen LogP contribution in [0.1, 0.15) is 32.3 Å². The zero-order chi connectivity index (χ0) is 11.3. The van der Waals surface area contributed by atoms with Crippen LogP contribution in [0.4, 0.5) is 10.5 Å². The maximum atomic E-state index is 11.2. The Morgan fingerprint density at radius 1 is 1.27 bits per heavy atom. The van der Waals surface area contributed by atoms with Gasteiger partial charge >= 0.3 is 6.03 Å². The molecule has 3 heteroatoms. The Labute approximate surface area is 90.9 Å². The molecule has 1 rings (SSSR count). The Morgan fingerprint density at radius 2 is 1.87 bits per heavy atom. The van der Waals surface area contributed by atoms with E-state index in [0.29, 0.717) is 12.5 Å². The number of nitrogens with one attached hydrogen (secondary N) is 2. The first-order valence-corrected chi connectivity index (χ1v) is 5.28. The lowest BCUT2D eigenvalue weighted by Gasteiger charge is -2.08. The molecule has 0 atom stereocenters. The van der Waals surface area contributed by atoms with Crippen molar-refractivity contribution in [2.75, 3.05) is 11.9 Å². The van der Waals surface area contributed by atoms with Gasteiger partial charge in [0.25, 0.3) is 0 Å². The third-order valence-corrected chi connectivity index (χ3v) is 2.17. The van der Waals surface area contributed by atoms with Crippen molar-refractivity contribution in [3.63, 3.8) is 0 Å². The van der Waals surface area contributed by atoms with Gasteiger partial charge in [-0.25, -0.2) is 4.79 Å². The molecule has 0 fully saturated rings. The molecule has 0 spiro atoms. The maximum absolute atomic E-state index is 11.2. The van der Waals surface area contributed by atoms with Gasteiger partial charge < -0.3 is 10.6 Å². The lowest BCUT2D eigenvalue weighted by Crippen LogP contribution is -2.28. The van der Waals surface area contributed by atoms with Gasteiger partial charge in [0, 0.05) is 12.2 Å². The summed E-state index contributed by atoms with van der Waals surface area (Å²) in [6.07, 6.45) is 0. The van der Waals surface area contributed by atoms with Crippen LogP contribution in [0.25, 0.3) is 0 Å². The smallest absolute Gasteiger partial charge is 0.319 e. The average Bonchev–Trinajstić information content (AvgIpc) is 2.18. The summed E-state index contributed by atoms with van der Waals surface area (Å²) in [7, 11) is 0. The molecule has 0 aliphatic heterocycles. The van der Waals surface area contributed by atoms with E-state index in [1.807, 2.05) is 31.2 Å². The Kier molecular flexibility index (Phi) is 4.16. The largest absolute Gasteiger partial charge is 0.338 e. The number of carbonyl (C=O) groups is 1. The van der Waals surface area contributed by atoms with E-state index in [4.69, 9.17) is 0 Å². The molecule has 0 bridgehead atoms. The molecule has 0 aromatic heterocycles. The van der Waals surface area contributed by atoms with Crippen molar-refractivity contribution in [2.24, 2.45) is 0 Å². The predicted octanol–water partition coefficient (Wildman–Crippen LogP) is 2.95. The fourth-order valence-corrected chi connectivity index (χ4v) is 1.29. The molecule has 0 saturated carbocycles. The van der Waals surface area contributed by atoms with Crippen molar-refractivity contribution in [1.82, 2.24) is 5.32 Å². The number of urea groups is 1. The van der Waals surface area contributed by atoms with Gasteiger partial charge in [-0.15, -0.1) is 0 Å². The molecule has 3 nitrogen and oxygen atoms in total. The van der Waals surface area contributed by atoms with Crippen molar-refractivity contribution in [2.45, 2.75) is 26.7 Å². The minimum Gasteiger partial charge on any atom is -0.338 e. The molecule has 0 heterocycles. The zero-order valence-electron chi connectivity index (χ0n) is 9.50. The SMILES string of the molecule is CCNC(=O)Nc1ccc(C(C)C)cc1. The Bertz CT molecular complexity index is 317. The Hall–Kier alpha value is -1.51. The summed E-state index contributed by atoms with van der Waals surface area (Å²) in [6, 6.07) is 7.75. The summed E-state index contributed by atoms with van der Waals surface area (Å²) < 4.78 is 0. The molecular weight excluding hydrogens is 188 g/mol. The number of amides is 2. The lowest BCUT2D eigenvalue weighted by atomic mass is 10.0. The molecule has 0 unspecified atom stereocenters. The number of rotatable bonds is 3. The number of anilines is 1. The van der Waals surface area contributed by atoms with E-state index >= 15 is 0 Å². The van der Waals surface area contributed by atoms with Crippen LogP contribution >= 0.6 is 0 Å². The monoisotopic (exact) mass is 206 g/mol. The average molecular weight is 206 g/mol. The third-order valence-electron chi connectivity index (χ3n) is 2.17. The van der Waals surface area contributed by atoms with Crippen molar-refractivity contribution in [3.8, 4) is 0 Å². The Balaban J connectivity index is 2.60. The molecule has 82 valence electrons. The standard InChI is InChI=1S/C12H18N2O/c1-4-13-12(15)14-11-7-5-10(6-8-11)9(2)3/h5-9H,4H2,1-3H3,(H2,13,14,15). The highest BCUT2D eigenvalue weighted by Crippen LogP contribution is 2.16. The molecule has 0 aliphatic rings. The number of benzene rings is 1. The van der Waals surface area contributed by atoms with Gasteiger partial charge in [-0.1, -0.05) is 26.0 Å². The van der Waals surface area contributed by atoms with Crippen molar-refractivity contribution in [1.29, 1.82) is 0 Å². The van der Waals surface area contributed by atoms with Crippen LogP contribution in [0, 0.1) is 0 Å². The number of hydrogen-bond acceptors (Lipinski definition) is 1. The van der Waals surface area contributed by atoms with Crippen LogP contribution in [-0.4, -0.2) is 12.6 Å². The summed E-state index contributed by atoms with van der Waals surface area (Å²) >= 11 is 0. The first-order valence-electron chi connectivity index (χ1n) is 5.28. The zero-order valence-corrected chi connectivity index (χ0v) is 9.50. The van der Waals surface area contributed by atoms with E-state index in [0.717, 1.165) is 5.69 Å². The fourth-order valence-electron chi connectivity index (χ4n) is 1.29. The Morgan fingerprint density at radius 3 is 2.33 bits per heavy atom. The second kappa shape index (κ2) is 5.39. The van der Waals surface area contributed by atoms with Crippen molar-refractivity contribution < 1.29 is 4.79 Å². The normalized spacial score (nSPS) is 10.1. The van der Waals surface area contributed by atoms with Gasteiger partial charge in [0.1, 0.15) is 0 Å². The van der Waals surface area contributed by atoms with Crippen LogP contribution < -0.4 is 10.6 Å². The summed E-state index contributed by atoms with van der Waals surface area (Å²) in [4.78, 5) is 11.2. The topological polar surface area (TPSA) is 41.1 Å². The third kappa shape index (κ3) is 3.62. The summed E-state index contributed by atoms with van der Waals surface area (Å²) in [5, 5.41) is 5.44. The summed E-state index contributed by atoms with van der Waals surface area (Å²) in [5.74, 6) is 0.517. The quantitative estimate of drug-likeness (QED) is 0.784. The fraction of sp³-hybridized carbons (Fsp3) is 0.417. The second-order valence-electron chi connectivity index (χ2n) is 3.76. The van der Waals surface area contributed by atoms with E-state index in [9.17, 15) is 4.79 Å². The minimum absolute atomic E-state index is 0.158. The number of carbonyl (C=O) groups excluding carboxylic acids is 1. The van der Waals surface area contributed by atoms with E-state index < -0.39 is 0 Å². The van der Waals surface area contributed by atoms with Crippen LogP contribution in [0.5, 0.6) is 0 Å². The minimum atomic E-state index is -0.158. The van der Waals surface area contributed by atoms with E-state index in [1.165, 1.54) is 5.56 Å². The van der Waals surface area contributed by atoms with Crippen LogP contribution in [-0.2, 0) is 0 Å². The first-order chi connectivity index (χ1) is 7.13. The molecule has 15 heavy (non-hydrogen) atoms. The van der Waals surface area contributed by atoms with Crippen molar-refractivity contribution in [3.05, 3.63) is 29.8 Å². The van der Waals surface area contributed by atoms with Crippen LogP contribution in [0.15, 0.2) is 24.3 Å². The van der Waals surface area contributed by atoms with Gasteiger partial charge in [0.05, 0.1) is 0 Å². The van der Waals surface area contributed by atoms with E-state index in [2.05, 4.69) is 24.5 Å². The summed E-state index contributed by atoms with van der Waals surface area (Å²) in [5.41, 5.74) is 2.10. The van der Waals surface area contributed by atoms with Crippen molar-refractivity contribution >= 4 is 11.7 Å². The van der Waals surface area contributed by atoms with Gasteiger partial charge in [-0.3, -0.25) is 0 Å². The van der Waals surface area contributed by atoms with E-state index in [-0.39, 0.29) is 6.03 Å². The molecular formula is C12H18N2O. The summed E-state index contributed by atoms with van der Waals surface area (Å²) in [6.45, 7) is 6.82. The van der Waals surface area contributed by atoms with Gasteiger partial charge in [0.2, 0.25) is 0 Å². The van der Waals surface area contributed by atoms with Gasteiger partial charge in [-0.2, -0.15) is 0 Å². The first kappa shape index (κ1) is 11.6. The molecule has 0 radical (unpaired) electrons.